The van der Waals surface area contributed by atoms with E-state index in [2.05, 4.69) is 56.1 Å². The molecular weight excluding hydrogens is 220 g/mol. The van der Waals surface area contributed by atoms with Crippen LogP contribution in [-0.4, -0.2) is 25.7 Å². The lowest BCUT2D eigenvalue weighted by molar-refractivity contribution is 0.461. The molecule has 0 saturated carbocycles. The Balaban J connectivity index is 2.26. The third kappa shape index (κ3) is 2.54. The van der Waals surface area contributed by atoms with Gasteiger partial charge < -0.3 is 10.2 Å². The number of nitrogens with one attached hydrogen (secondary N) is 1. The maximum absolute atomic E-state index is 3.32. The molecule has 0 radical (unpaired) electrons. The van der Waals surface area contributed by atoms with Crippen LogP contribution in [0.15, 0.2) is 18.2 Å². The highest BCUT2D eigenvalue weighted by molar-refractivity contribution is 5.57. The van der Waals surface area contributed by atoms with Crippen molar-refractivity contribution >= 4 is 5.69 Å². The average Bonchev–Trinajstić information content (AvgIpc) is 2.54. The summed E-state index contributed by atoms with van der Waals surface area (Å²) in [5, 5.41) is 3.32. The minimum Gasteiger partial charge on any atom is -0.366 e. The molecule has 100 valence electrons. The summed E-state index contributed by atoms with van der Waals surface area (Å²) in [4.78, 5) is 2.59. The maximum Gasteiger partial charge on any atom is 0.0400 e. The van der Waals surface area contributed by atoms with Crippen molar-refractivity contribution in [2.45, 2.75) is 39.7 Å². The van der Waals surface area contributed by atoms with E-state index < -0.39 is 0 Å². The summed E-state index contributed by atoms with van der Waals surface area (Å²) in [6.45, 7) is 11.4. The summed E-state index contributed by atoms with van der Waals surface area (Å²) in [5.74, 6) is 0.755. The van der Waals surface area contributed by atoms with E-state index in [0.717, 1.165) is 19.0 Å². The molecule has 0 spiro atoms. The summed E-state index contributed by atoms with van der Waals surface area (Å²) in [7, 11) is 2.05. The fourth-order valence-electron chi connectivity index (χ4n) is 3.34. The molecule has 1 fully saturated rings. The third-order valence-corrected chi connectivity index (χ3v) is 4.10. The van der Waals surface area contributed by atoms with Crippen molar-refractivity contribution in [3.8, 4) is 0 Å². The van der Waals surface area contributed by atoms with Crippen LogP contribution in [0.2, 0.25) is 0 Å². The van der Waals surface area contributed by atoms with Gasteiger partial charge in [0.2, 0.25) is 0 Å². The van der Waals surface area contributed by atoms with E-state index in [0.29, 0.717) is 0 Å². The maximum atomic E-state index is 3.32. The molecule has 1 aliphatic heterocycles. The van der Waals surface area contributed by atoms with Gasteiger partial charge in [-0.05, 0) is 65.3 Å². The molecular formula is C16H26N2. The molecule has 1 aromatic rings. The molecule has 1 atom stereocenters. The van der Waals surface area contributed by atoms with E-state index in [1.807, 2.05) is 7.05 Å². The van der Waals surface area contributed by atoms with Crippen LogP contribution in [0.3, 0.4) is 0 Å². The molecule has 1 saturated heterocycles. The second-order valence-electron chi connectivity index (χ2n) is 6.34. The molecule has 0 aromatic heterocycles. The van der Waals surface area contributed by atoms with Gasteiger partial charge in [-0.25, -0.2) is 0 Å². The SMILES string of the molecule is CNCC1CN(c2ccc(C)cc2C)C(C)(C)C1. The second-order valence-corrected chi connectivity index (χ2v) is 6.34. The molecule has 0 bridgehead atoms. The Morgan fingerprint density at radius 2 is 2.06 bits per heavy atom. The number of benzene rings is 1. The zero-order valence-electron chi connectivity index (χ0n) is 12.4. The fraction of sp³-hybridized carbons (Fsp3) is 0.625. The molecule has 2 rings (SSSR count). The number of rotatable bonds is 3. The van der Waals surface area contributed by atoms with Gasteiger partial charge in [0.05, 0.1) is 0 Å². The van der Waals surface area contributed by atoms with Gasteiger partial charge in [-0.1, -0.05) is 17.7 Å². The molecule has 2 nitrogen and oxygen atoms in total. The van der Waals surface area contributed by atoms with E-state index in [9.17, 15) is 0 Å². The van der Waals surface area contributed by atoms with Crippen LogP contribution < -0.4 is 10.2 Å². The molecule has 18 heavy (non-hydrogen) atoms. The van der Waals surface area contributed by atoms with E-state index in [1.165, 1.54) is 23.2 Å². The molecule has 0 amide bonds. The Morgan fingerprint density at radius 1 is 1.33 bits per heavy atom. The van der Waals surface area contributed by atoms with Gasteiger partial charge in [-0.3, -0.25) is 0 Å². The van der Waals surface area contributed by atoms with E-state index >= 15 is 0 Å². The number of aryl methyl sites for hydroxylation is 2. The second kappa shape index (κ2) is 4.93. The summed E-state index contributed by atoms with van der Waals surface area (Å²) in [5.41, 5.74) is 4.42. The topological polar surface area (TPSA) is 15.3 Å². The first-order chi connectivity index (χ1) is 8.44. The van der Waals surface area contributed by atoms with Crippen molar-refractivity contribution < 1.29 is 0 Å². The summed E-state index contributed by atoms with van der Waals surface area (Å²) in [6.07, 6.45) is 1.27. The van der Waals surface area contributed by atoms with E-state index in [-0.39, 0.29) is 5.54 Å². The molecule has 2 heteroatoms. The number of anilines is 1. The standard InChI is InChI=1S/C16H26N2/c1-12-6-7-15(13(2)8-12)18-11-14(10-17-5)9-16(18,3)4/h6-8,14,17H,9-11H2,1-5H3. The van der Waals surface area contributed by atoms with Crippen LogP contribution in [0.4, 0.5) is 5.69 Å². The van der Waals surface area contributed by atoms with Crippen LogP contribution in [-0.2, 0) is 0 Å². The number of nitrogens with zero attached hydrogens (tertiary/aromatic N) is 1. The van der Waals surface area contributed by atoms with Gasteiger partial charge in [0, 0.05) is 17.8 Å². The van der Waals surface area contributed by atoms with Gasteiger partial charge in [-0.2, -0.15) is 0 Å². The zero-order valence-corrected chi connectivity index (χ0v) is 12.4. The van der Waals surface area contributed by atoms with Crippen molar-refractivity contribution in [3.63, 3.8) is 0 Å². The summed E-state index contributed by atoms with van der Waals surface area (Å²) < 4.78 is 0. The van der Waals surface area contributed by atoms with Gasteiger partial charge in [0.15, 0.2) is 0 Å². The highest BCUT2D eigenvalue weighted by Gasteiger charge is 2.38. The molecule has 1 aliphatic rings. The summed E-state index contributed by atoms with van der Waals surface area (Å²) >= 11 is 0. The Bertz CT molecular complexity index is 423. The highest BCUT2D eigenvalue weighted by atomic mass is 15.2. The van der Waals surface area contributed by atoms with Gasteiger partial charge in [-0.15, -0.1) is 0 Å². The number of hydrogen-bond acceptors (Lipinski definition) is 2. The fourth-order valence-corrected chi connectivity index (χ4v) is 3.34. The first-order valence-electron chi connectivity index (χ1n) is 6.93. The van der Waals surface area contributed by atoms with Crippen LogP contribution >= 0.6 is 0 Å². The quantitative estimate of drug-likeness (QED) is 0.881. The first kappa shape index (κ1) is 13.4. The minimum absolute atomic E-state index is 0.265. The van der Waals surface area contributed by atoms with Crippen LogP contribution in [0.25, 0.3) is 0 Å². The van der Waals surface area contributed by atoms with Crippen LogP contribution in [0, 0.1) is 19.8 Å². The lowest BCUT2D eigenvalue weighted by Gasteiger charge is -2.34. The Labute approximate surface area is 111 Å². The largest absolute Gasteiger partial charge is 0.366 e. The van der Waals surface area contributed by atoms with E-state index in [4.69, 9.17) is 0 Å². The van der Waals surface area contributed by atoms with Gasteiger partial charge in [0.25, 0.3) is 0 Å². The van der Waals surface area contributed by atoms with Crippen molar-refractivity contribution in [2.24, 2.45) is 5.92 Å². The molecule has 0 aliphatic carbocycles. The number of hydrogen-bond donors (Lipinski definition) is 1. The molecule has 1 heterocycles. The van der Waals surface area contributed by atoms with Gasteiger partial charge in [0.1, 0.15) is 0 Å². The Kier molecular flexibility index (Phi) is 3.67. The molecule has 1 N–H and O–H groups in total. The summed E-state index contributed by atoms with van der Waals surface area (Å²) in [6, 6.07) is 6.80. The van der Waals surface area contributed by atoms with Crippen molar-refractivity contribution in [1.29, 1.82) is 0 Å². The Hall–Kier alpha value is -1.02. The average molecular weight is 246 g/mol. The zero-order chi connectivity index (χ0) is 13.3. The monoisotopic (exact) mass is 246 g/mol. The van der Waals surface area contributed by atoms with Crippen molar-refractivity contribution in [3.05, 3.63) is 29.3 Å². The van der Waals surface area contributed by atoms with Crippen molar-refractivity contribution in [1.82, 2.24) is 5.32 Å². The predicted molar refractivity (Wildman–Crippen MR) is 79.4 cm³/mol. The van der Waals surface area contributed by atoms with Crippen molar-refractivity contribution in [2.75, 3.05) is 25.0 Å². The first-order valence-corrected chi connectivity index (χ1v) is 6.93. The smallest absolute Gasteiger partial charge is 0.0400 e. The van der Waals surface area contributed by atoms with Crippen LogP contribution in [0.1, 0.15) is 31.4 Å². The predicted octanol–water partition coefficient (Wildman–Crippen LogP) is 3.13. The van der Waals surface area contributed by atoms with Gasteiger partial charge >= 0.3 is 0 Å². The molecule has 1 unspecified atom stereocenters. The third-order valence-electron chi connectivity index (χ3n) is 4.10. The minimum atomic E-state index is 0.265. The lowest BCUT2D eigenvalue weighted by Crippen LogP contribution is -2.38. The van der Waals surface area contributed by atoms with Crippen LogP contribution in [0.5, 0.6) is 0 Å². The molecule has 1 aromatic carbocycles. The lowest BCUT2D eigenvalue weighted by atomic mass is 9.96. The normalized spacial score (nSPS) is 22.5. The van der Waals surface area contributed by atoms with E-state index in [1.54, 1.807) is 0 Å². The Morgan fingerprint density at radius 3 is 2.67 bits per heavy atom. The highest BCUT2D eigenvalue weighted by Crippen LogP contribution is 2.38.